The summed E-state index contributed by atoms with van der Waals surface area (Å²) in [6.07, 6.45) is -4.73. The van der Waals surface area contributed by atoms with E-state index in [1.807, 2.05) is 0 Å². The lowest BCUT2D eigenvalue weighted by Gasteiger charge is -2.10. The van der Waals surface area contributed by atoms with Crippen molar-refractivity contribution in [1.29, 1.82) is 0 Å². The highest BCUT2D eigenvalue weighted by Gasteiger charge is 2.36. The molecule has 0 amide bonds. The third kappa shape index (κ3) is 2.00. The van der Waals surface area contributed by atoms with Crippen molar-refractivity contribution < 1.29 is 13.2 Å². The third-order valence-corrected chi connectivity index (χ3v) is 2.89. The number of benzene rings is 1. The van der Waals surface area contributed by atoms with Crippen LogP contribution < -0.4 is 5.43 Å². The molecule has 1 aromatic heterocycles. The van der Waals surface area contributed by atoms with E-state index in [4.69, 9.17) is 23.2 Å². The highest BCUT2D eigenvalue weighted by molar-refractivity contribution is 6.36. The smallest absolute Gasteiger partial charge is 0.348 e. The minimum atomic E-state index is -4.73. The van der Waals surface area contributed by atoms with E-state index < -0.39 is 22.3 Å². The van der Waals surface area contributed by atoms with Gasteiger partial charge in [0.1, 0.15) is 10.7 Å². The molecule has 0 unspecified atom stereocenters. The SMILES string of the molecule is O=c1c(Cl)c(C(F)(F)F)[nH]c2c(Cl)cccc12. The van der Waals surface area contributed by atoms with Crippen LogP contribution in [0.1, 0.15) is 5.69 Å². The van der Waals surface area contributed by atoms with Gasteiger partial charge in [-0.05, 0) is 12.1 Å². The van der Waals surface area contributed by atoms with Gasteiger partial charge in [-0.1, -0.05) is 29.3 Å². The van der Waals surface area contributed by atoms with E-state index in [1.54, 1.807) is 0 Å². The molecule has 0 aliphatic rings. The number of halogens is 5. The van der Waals surface area contributed by atoms with E-state index in [-0.39, 0.29) is 15.9 Å². The Morgan fingerprint density at radius 3 is 2.41 bits per heavy atom. The molecule has 2 rings (SSSR count). The van der Waals surface area contributed by atoms with Gasteiger partial charge in [0, 0.05) is 5.39 Å². The molecule has 1 N–H and O–H groups in total. The predicted octanol–water partition coefficient (Wildman–Crippen LogP) is 3.85. The van der Waals surface area contributed by atoms with Gasteiger partial charge in [-0.2, -0.15) is 13.2 Å². The number of pyridine rings is 1. The molecule has 2 aromatic rings. The summed E-state index contributed by atoms with van der Waals surface area (Å²) in [5, 5.41) is -0.829. The van der Waals surface area contributed by atoms with Crippen molar-refractivity contribution in [3.05, 3.63) is 44.2 Å². The molecule has 0 aliphatic carbocycles. The van der Waals surface area contributed by atoms with Crippen LogP contribution in [0.15, 0.2) is 23.0 Å². The summed E-state index contributed by atoms with van der Waals surface area (Å²) >= 11 is 11.1. The van der Waals surface area contributed by atoms with Crippen LogP contribution >= 0.6 is 23.2 Å². The molecule has 7 heteroatoms. The van der Waals surface area contributed by atoms with Crippen molar-refractivity contribution in [3.8, 4) is 0 Å². The maximum atomic E-state index is 12.6. The molecule has 0 bridgehead atoms. The summed E-state index contributed by atoms with van der Waals surface area (Å²) < 4.78 is 37.8. The standard InChI is InChI=1S/C10H4Cl2F3NO/c11-5-3-1-2-4-7(5)16-9(10(13,14)15)6(12)8(4)17/h1-3H,(H,16,17). The van der Waals surface area contributed by atoms with Crippen molar-refractivity contribution in [2.24, 2.45) is 0 Å². The summed E-state index contributed by atoms with van der Waals surface area (Å²) in [5.41, 5.74) is -2.25. The molecule has 0 saturated heterocycles. The number of aromatic amines is 1. The van der Waals surface area contributed by atoms with E-state index in [0.717, 1.165) is 0 Å². The first-order valence-electron chi connectivity index (χ1n) is 4.39. The lowest BCUT2D eigenvalue weighted by molar-refractivity contribution is -0.140. The van der Waals surface area contributed by atoms with Crippen LogP contribution in [-0.4, -0.2) is 4.98 Å². The van der Waals surface area contributed by atoms with Crippen LogP contribution in [0.3, 0.4) is 0 Å². The number of H-pyrrole nitrogens is 1. The second-order valence-electron chi connectivity index (χ2n) is 3.30. The predicted molar refractivity (Wildman–Crippen MR) is 59.6 cm³/mol. The zero-order chi connectivity index (χ0) is 12.8. The maximum absolute atomic E-state index is 12.6. The second-order valence-corrected chi connectivity index (χ2v) is 4.09. The summed E-state index contributed by atoms with van der Waals surface area (Å²) in [6.45, 7) is 0. The van der Waals surface area contributed by atoms with Gasteiger partial charge in [-0.3, -0.25) is 4.79 Å². The fraction of sp³-hybridized carbons (Fsp3) is 0.100. The molecule has 0 saturated carbocycles. The number of aromatic nitrogens is 1. The van der Waals surface area contributed by atoms with Crippen LogP contribution in [0.2, 0.25) is 10.0 Å². The quantitative estimate of drug-likeness (QED) is 0.782. The van der Waals surface area contributed by atoms with Gasteiger partial charge in [0.25, 0.3) is 0 Å². The summed E-state index contributed by atoms with van der Waals surface area (Å²) in [7, 11) is 0. The van der Waals surface area contributed by atoms with E-state index >= 15 is 0 Å². The van der Waals surface area contributed by atoms with Gasteiger partial charge >= 0.3 is 6.18 Å². The first-order valence-corrected chi connectivity index (χ1v) is 5.15. The molecular weight excluding hydrogens is 278 g/mol. The first-order chi connectivity index (χ1) is 7.82. The Morgan fingerprint density at radius 2 is 1.82 bits per heavy atom. The van der Waals surface area contributed by atoms with Crippen molar-refractivity contribution in [3.63, 3.8) is 0 Å². The Morgan fingerprint density at radius 1 is 1.18 bits per heavy atom. The molecule has 1 heterocycles. The number of hydrogen-bond donors (Lipinski definition) is 1. The molecule has 90 valence electrons. The van der Waals surface area contributed by atoms with Crippen molar-refractivity contribution >= 4 is 34.1 Å². The number of para-hydroxylation sites is 1. The molecule has 1 aromatic carbocycles. The van der Waals surface area contributed by atoms with Crippen LogP contribution in [0.4, 0.5) is 13.2 Å². The largest absolute Gasteiger partial charge is 0.432 e. The lowest BCUT2D eigenvalue weighted by atomic mass is 10.2. The van der Waals surface area contributed by atoms with Crippen molar-refractivity contribution in [2.75, 3.05) is 0 Å². The molecule has 0 atom stereocenters. The van der Waals surface area contributed by atoms with E-state index in [0.29, 0.717) is 0 Å². The average molecular weight is 282 g/mol. The van der Waals surface area contributed by atoms with E-state index in [2.05, 4.69) is 4.98 Å². The highest BCUT2D eigenvalue weighted by Crippen LogP contribution is 2.33. The average Bonchev–Trinajstić information content (AvgIpc) is 2.22. The van der Waals surface area contributed by atoms with E-state index in [9.17, 15) is 18.0 Å². The van der Waals surface area contributed by atoms with Crippen LogP contribution in [-0.2, 0) is 6.18 Å². The van der Waals surface area contributed by atoms with E-state index in [1.165, 1.54) is 18.2 Å². The van der Waals surface area contributed by atoms with Crippen LogP contribution in [0.25, 0.3) is 10.9 Å². The van der Waals surface area contributed by atoms with Crippen LogP contribution in [0.5, 0.6) is 0 Å². The molecule has 17 heavy (non-hydrogen) atoms. The zero-order valence-electron chi connectivity index (χ0n) is 8.03. The zero-order valence-corrected chi connectivity index (χ0v) is 9.54. The fourth-order valence-corrected chi connectivity index (χ4v) is 1.93. The van der Waals surface area contributed by atoms with Crippen LogP contribution in [0, 0.1) is 0 Å². The summed E-state index contributed by atoms with van der Waals surface area (Å²) in [6, 6.07) is 4.20. The second kappa shape index (κ2) is 3.92. The van der Waals surface area contributed by atoms with Gasteiger partial charge in [-0.15, -0.1) is 0 Å². The number of alkyl halides is 3. The van der Waals surface area contributed by atoms with Gasteiger partial charge in [0.2, 0.25) is 5.43 Å². The molecule has 0 radical (unpaired) electrons. The molecule has 2 nitrogen and oxygen atoms in total. The van der Waals surface area contributed by atoms with Crippen molar-refractivity contribution in [2.45, 2.75) is 6.18 Å². The third-order valence-electron chi connectivity index (χ3n) is 2.21. The fourth-order valence-electron chi connectivity index (χ4n) is 1.45. The number of fused-ring (bicyclic) bond motifs is 1. The Kier molecular flexibility index (Phi) is 2.83. The Labute approximate surface area is 103 Å². The van der Waals surface area contributed by atoms with Crippen molar-refractivity contribution in [1.82, 2.24) is 4.98 Å². The Hall–Kier alpha value is -1.20. The first kappa shape index (κ1) is 12.3. The highest BCUT2D eigenvalue weighted by atomic mass is 35.5. The number of hydrogen-bond acceptors (Lipinski definition) is 1. The minimum absolute atomic E-state index is 0.0236. The summed E-state index contributed by atoms with van der Waals surface area (Å²) in [5.74, 6) is 0. The van der Waals surface area contributed by atoms with Gasteiger partial charge < -0.3 is 4.98 Å². The minimum Gasteiger partial charge on any atom is -0.348 e. The monoisotopic (exact) mass is 281 g/mol. The maximum Gasteiger partial charge on any atom is 0.432 e. The van der Waals surface area contributed by atoms with Gasteiger partial charge in [0.05, 0.1) is 10.5 Å². The number of nitrogens with one attached hydrogen (secondary N) is 1. The number of rotatable bonds is 0. The molecular formula is C10H4Cl2F3NO. The summed E-state index contributed by atoms with van der Waals surface area (Å²) in [4.78, 5) is 13.7. The Balaban J connectivity index is 2.96. The molecule has 0 aliphatic heterocycles. The topological polar surface area (TPSA) is 32.9 Å². The van der Waals surface area contributed by atoms with Gasteiger partial charge in [-0.25, -0.2) is 0 Å². The Bertz CT molecular complexity index is 648. The van der Waals surface area contributed by atoms with Gasteiger partial charge in [0.15, 0.2) is 0 Å². The normalized spacial score (nSPS) is 12.1. The molecule has 0 spiro atoms. The lowest BCUT2D eigenvalue weighted by Crippen LogP contribution is -2.16. The molecule has 0 fully saturated rings.